The largest absolute Gasteiger partial charge is 0.396 e. The first-order valence-corrected chi connectivity index (χ1v) is 8.52. The van der Waals surface area contributed by atoms with Crippen molar-refractivity contribution in [2.45, 2.75) is 36.1 Å². The molecule has 1 aromatic rings. The summed E-state index contributed by atoms with van der Waals surface area (Å²) in [7, 11) is -3.73. The van der Waals surface area contributed by atoms with Gasteiger partial charge in [0, 0.05) is 12.1 Å². The third kappa shape index (κ3) is 3.94. The van der Waals surface area contributed by atoms with Gasteiger partial charge < -0.3 is 11.5 Å². The van der Waals surface area contributed by atoms with Gasteiger partial charge in [0.05, 0.1) is 20.6 Å². The van der Waals surface area contributed by atoms with Gasteiger partial charge in [-0.1, -0.05) is 36.0 Å². The second-order valence-corrected chi connectivity index (χ2v) is 7.59. The molecule has 120 valence electrons. The van der Waals surface area contributed by atoms with Crippen molar-refractivity contribution in [2.24, 2.45) is 5.73 Å². The minimum absolute atomic E-state index is 0. The lowest BCUT2D eigenvalue weighted by Crippen LogP contribution is -2.51. The minimum atomic E-state index is -3.73. The molecule has 1 fully saturated rings. The van der Waals surface area contributed by atoms with Crippen LogP contribution in [0.1, 0.15) is 25.7 Å². The average Bonchev–Trinajstić information content (AvgIpc) is 2.83. The number of nitrogens with one attached hydrogen (secondary N) is 1. The first kappa shape index (κ1) is 18.8. The van der Waals surface area contributed by atoms with Crippen LogP contribution in [-0.2, 0) is 10.0 Å². The predicted molar refractivity (Wildman–Crippen MR) is 88.7 cm³/mol. The van der Waals surface area contributed by atoms with Gasteiger partial charge in [-0.05, 0) is 25.0 Å². The highest BCUT2D eigenvalue weighted by Gasteiger charge is 2.37. The van der Waals surface area contributed by atoms with Gasteiger partial charge in [0.1, 0.15) is 0 Å². The summed E-state index contributed by atoms with van der Waals surface area (Å²) in [5, 5.41) is 0.234. The minimum Gasteiger partial charge on any atom is -0.396 e. The van der Waals surface area contributed by atoms with E-state index in [0.717, 1.165) is 25.7 Å². The Hall–Kier alpha value is -0.240. The van der Waals surface area contributed by atoms with Crippen molar-refractivity contribution in [1.82, 2.24) is 4.72 Å². The van der Waals surface area contributed by atoms with Crippen molar-refractivity contribution in [2.75, 3.05) is 12.3 Å². The number of rotatable bonds is 4. The van der Waals surface area contributed by atoms with Crippen molar-refractivity contribution >= 4 is 51.3 Å². The molecule has 1 aliphatic carbocycles. The number of nitrogens with two attached hydrogens (primary N) is 2. The summed E-state index contributed by atoms with van der Waals surface area (Å²) in [6, 6.07) is 2.59. The van der Waals surface area contributed by atoms with Gasteiger partial charge in [-0.2, -0.15) is 0 Å². The van der Waals surface area contributed by atoms with Crippen LogP contribution in [0, 0.1) is 0 Å². The van der Waals surface area contributed by atoms with Crippen LogP contribution in [0.4, 0.5) is 5.69 Å². The van der Waals surface area contributed by atoms with Crippen molar-refractivity contribution in [3.8, 4) is 0 Å². The second kappa shape index (κ2) is 6.89. The fourth-order valence-corrected chi connectivity index (χ4v) is 4.60. The molecule has 0 amide bonds. The van der Waals surface area contributed by atoms with Gasteiger partial charge in [-0.15, -0.1) is 12.4 Å². The Balaban J connectivity index is 0.00000220. The lowest BCUT2D eigenvalue weighted by molar-refractivity contribution is 0.399. The summed E-state index contributed by atoms with van der Waals surface area (Å²) in [6.07, 6.45) is 3.39. The van der Waals surface area contributed by atoms with Gasteiger partial charge in [0.2, 0.25) is 10.0 Å². The van der Waals surface area contributed by atoms with Gasteiger partial charge in [0.25, 0.3) is 0 Å². The van der Waals surface area contributed by atoms with E-state index in [4.69, 9.17) is 34.7 Å². The number of sulfonamides is 1. The van der Waals surface area contributed by atoms with Crippen LogP contribution in [0.5, 0.6) is 0 Å². The van der Waals surface area contributed by atoms with Crippen molar-refractivity contribution < 1.29 is 8.42 Å². The summed E-state index contributed by atoms with van der Waals surface area (Å²) >= 11 is 11.8. The number of benzene rings is 1. The molecular weight excluding hydrogens is 357 g/mol. The molecule has 0 aliphatic heterocycles. The highest BCUT2D eigenvalue weighted by atomic mass is 35.5. The highest BCUT2D eigenvalue weighted by molar-refractivity contribution is 7.89. The lowest BCUT2D eigenvalue weighted by Gasteiger charge is -2.28. The number of anilines is 1. The molecule has 0 atom stereocenters. The van der Waals surface area contributed by atoms with Crippen molar-refractivity contribution in [1.29, 1.82) is 0 Å². The molecule has 21 heavy (non-hydrogen) atoms. The summed E-state index contributed by atoms with van der Waals surface area (Å²) < 4.78 is 27.6. The lowest BCUT2D eigenvalue weighted by atomic mass is 10.0. The molecule has 1 aromatic carbocycles. The first-order valence-electron chi connectivity index (χ1n) is 6.28. The molecule has 5 N–H and O–H groups in total. The summed E-state index contributed by atoms with van der Waals surface area (Å²) in [5.74, 6) is 0. The quantitative estimate of drug-likeness (QED) is 0.705. The van der Waals surface area contributed by atoms with Crippen molar-refractivity contribution in [3.63, 3.8) is 0 Å². The Bertz CT molecular complexity index is 593. The van der Waals surface area contributed by atoms with Crippen LogP contribution in [-0.4, -0.2) is 20.5 Å². The zero-order valence-electron chi connectivity index (χ0n) is 11.2. The number of hydrogen-bond donors (Lipinski definition) is 3. The molecule has 1 aliphatic rings. The predicted octanol–water partition coefficient (Wildman–Crippen LogP) is 2.55. The number of halogens is 3. The Kier molecular flexibility index (Phi) is 6.17. The van der Waals surface area contributed by atoms with E-state index in [1.54, 1.807) is 0 Å². The number of hydrogen-bond acceptors (Lipinski definition) is 4. The zero-order chi connectivity index (χ0) is 15.0. The van der Waals surface area contributed by atoms with E-state index in [-0.39, 0.29) is 39.6 Å². The molecule has 0 heterocycles. The smallest absolute Gasteiger partial charge is 0.241 e. The van der Waals surface area contributed by atoms with Crippen molar-refractivity contribution in [3.05, 3.63) is 22.2 Å². The Morgan fingerprint density at radius 2 is 1.67 bits per heavy atom. The Labute approximate surface area is 140 Å². The Morgan fingerprint density at radius 1 is 1.19 bits per heavy atom. The van der Waals surface area contributed by atoms with E-state index >= 15 is 0 Å². The first-order chi connectivity index (χ1) is 9.30. The van der Waals surface area contributed by atoms with E-state index in [1.165, 1.54) is 12.1 Å². The maximum absolute atomic E-state index is 12.4. The molecule has 5 nitrogen and oxygen atoms in total. The van der Waals surface area contributed by atoms with E-state index < -0.39 is 15.6 Å². The molecule has 0 radical (unpaired) electrons. The van der Waals surface area contributed by atoms with Crippen LogP contribution in [0.3, 0.4) is 0 Å². The van der Waals surface area contributed by atoms with Gasteiger partial charge in [-0.3, -0.25) is 0 Å². The van der Waals surface area contributed by atoms with Gasteiger partial charge in [0.15, 0.2) is 0 Å². The van der Waals surface area contributed by atoms with E-state index in [2.05, 4.69) is 4.72 Å². The maximum atomic E-state index is 12.4. The van der Waals surface area contributed by atoms with Crippen LogP contribution < -0.4 is 16.2 Å². The van der Waals surface area contributed by atoms with E-state index in [9.17, 15) is 8.42 Å². The van der Waals surface area contributed by atoms with Crippen LogP contribution in [0.2, 0.25) is 10.0 Å². The molecule has 9 heteroatoms. The second-order valence-electron chi connectivity index (χ2n) is 5.10. The molecule has 0 unspecified atom stereocenters. The molecule has 0 saturated heterocycles. The molecule has 0 spiro atoms. The summed E-state index contributed by atoms with van der Waals surface area (Å²) in [5.41, 5.74) is 10.9. The van der Waals surface area contributed by atoms with Gasteiger partial charge in [-0.25, -0.2) is 13.1 Å². The molecule has 2 rings (SSSR count). The van der Waals surface area contributed by atoms with Gasteiger partial charge >= 0.3 is 0 Å². The molecular formula is C12H18Cl3N3O2S. The summed E-state index contributed by atoms with van der Waals surface area (Å²) in [4.78, 5) is 0.00132. The zero-order valence-corrected chi connectivity index (χ0v) is 14.4. The average molecular weight is 375 g/mol. The molecule has 1 saturated carbocycles. The van der Waals surface area contributed by atoms with E-state index in [0.29, 0.717) is 0 Å². The SMILES string of the molecule is Cl.NCC1(NS(=O)(=O)c2cc(Cl)c(N)c(Cl)c2)CCCC1. The fourth-order valence-electron chi connectivity index (χ4n) is 2.46. The maximum Gasteiger partial charge on any atom is 0.241 e. The van der Waals surface area contributed by atoms with Crippen LogP contribution >= 0.6 is 35.6 Å². The third-order valence-corrected chi connectivity index (χ3v) is 5.85. The monoisotopic (exact) mass is 373 g/mol. The van der Waals surface area contributed by atoms with Crippen LogP contribution in [0.25, 0.3) is 0 Å². The Morgan fingerprint density at radius 3 is 2.10 bits per heavy atom. The van der Waals surface area contributed by atoms with Crippen LogP contribution in [0.15, 0.2) is 17.0 Å². The highest BCUT2D eigenvalue weighted by Crippen LogP contribution is 2.33. The van der Waals surface area contributed by atoms with E-state index in [1.807, 2.05) is 0 Å². The topological polar surface area (TPSA) is 98.2 Å². The summed E-state index contributed by atoms with van der Waals surface area (Å²) in [6.45, 7) is 0.267. The molecule has 0 aromatic heterocycles. The standard InChI is InChI=1S/C12H17Cl2N3O2S.ClH/c13-9-5-8(6-10(14)11(9)16)20(18,19)17-12(7-15)3-1-2-4-12;/h5-6,17H,1-4,7,15-16H2;1H. The number of nitrogen functional groups attached to an aromatic ring is 1. The third-order valence-electron chi connectivity index (χ3n) is 3.67. The normalized spacial score (nSPS) is 17.5. The molecule has 0 bridgehead atoms. The fraction of sp³-hybridized carbons (Fsp3) is 0.500.